The van der Waals surface area contributed by atoms with Gasteiger partial charge < -0.3 is 14.8 Å². The zero-order valence-corrected chi connectivity index (χ0v) is 12.7. The molecule has 106 valence electrons. The van der Waals surface area contributed by atoms with Crippen LogP contribution in [0.25, 0.3) is 11.0 Å². The number of nitrogens with one attached hydrogen (secondary N) is 1. The number of hydrogen-bond donors (Lipinski definition) is 1. The summed E-state index contributed by atoms with van der Waals surface area (Å²) < 4.78 is 2.23. The predicted octanol–water partition coefficient (Wildman–Crippen LogP) is 1.29. The monoisotopic (exact) mass is 289 g/mol. The van der Waals surface area contributed by atoms with Gasteiger partial charge in [0.2, 0.25) is 5.95 Å². The Morgan fingerprint density at radius 1 is 1.35 bits per heavy atom. The summed E-state index contributed by atoms with van der Waals surface area (Å²) in [6, 6.07) is 8.22. The summed E-state index contributed by atoms with van der Waals surface area (Å²) in [7, 11) is 4.11. The number of nitrogens with zero attached hydrogens (tertiary/aromatic N) is 4. The van der Waals surface area contributed by atoms with E-state index in [2.05, 4.69) is 44.8 Å². The van der Waals surface area contributed by atoms with Crippen molar-refractivity contribution in [3.63, 3.8) is 0 Å². The fourth-order valence-corrected chi connectivity index (χ4v) is 2.74. The zero-order chi connectivity index (χ0) is 14.1. The van der Waals surface area contributed by atoms with Crippen molar-refractivity contribution >= 4 is 34.3 Å². The van der Waals surface area contributed by atoms with Crippen LogP contribution in [0.5, 0.6) is 0 Å². The molecule has 1 aromatic heterocycles. The van der Waals surface area contributed by atoms with Gasteiger partial charge in [0.05, 0.1) is 11.0 Å². The summed E-state index contributed by atoms with van der Waals surface area (Å²) >= 11 is 5.49. The minimum Gasteiger partial charge on any atom is -0.361 e. The average Bonchev–Trinajstić information content (AvgIpc) is 2.96. The third kappa shape index (κ3) is 2.36. The number of hydrogen-bond acceptors (Lipinski definition) is 3. The van der Waals surface area contributed by atoms with Crippen LogP contribution in [-0.2, 0) is 6.54 Å². The Balaban J connectivity index is 1.77. The quantitative estimate of drug-likeness (QED) is 0.862. The first-order valence-electron chi connectivity index (χ1n) is 6.82. The van der Waals surface area contributed by atoms with Gasteiger partial charge in [-0.2, -0.15) is 0 Å². The highest BCUT2D eigenvalue weighted by Crippen LogP contribution is 2.26. The van der Waals surface area contributed by atoms with Crippen molar-refractivity contribution in [2.45, 2.75) is 6.54 Å². The smallest absolute Gasteiger partial charge is 0.213 e. The average molecular weight is 289 g/mol. The number of likely N-dealkylation sites (N-methyl/N-ethyl adjacent to an activating group) is 1. The third-order valence-corrected chi connectivity index (χ3v) is 3.87. The molecule has 0 bridgehead atoms. The largest absolute Gasteiger partial charge is 0.361 e. The van der Waals surface area contributed by atoms with Gasteiger partial charge in [-0.25, -0.2) is 4.98 Å². The first kappa shape index (κ1) is 13.3. The lowest BCUT2D eigenvalue weighted by molar-refractivity contribution is 0.413. The van der Waals surface area contributed by atoms with E-state index in [-0.39, 0.29) is 0 Å². The molecule has 0 aliphatic carbocycles. The number of benzene rings is 1. The normalized spacial score (nSPS) is 14.1. The van der Waals surface area contributed by atoms with E-state index in [1.165, 1.54) is 5.52 Å². The SMILES string of the molecule is CN(C)CCNC(=S)N1CCn2c1nc1ccccc12. The summed E-state index contributed by atoms with van der Waals surface area (Å²) in [4.78, 5) is 8.91. The maximum Gasteiger partial charge on any atom is 0.213 e. The van der Waals surface area contributed by atoms with E-state index in [1.807, 2.05) is 18.2 Å². The van der Waals surface area contributed by atoms with E-state index >= 15 is 0 Å². The maximum atomic E-state index is 5.49. The van der Waals surface area contributed by atoms with Crippen LogP contribution in [0.2, 0.25) is 0 Å². The molecule has 1 aliphatic rings. The molecule has 1 aromatic carbocycles. The van der Waals surface area contributed by atoms with Crippen LogP contribution < -0.4 is 10.2 Å². The lowest BCUT2D eigenvalue weighted by atomic mass is 10.3. The van der Waals surface area contributed by atoms with Gasteiger partial charge in [-0.05, 0) is 38.4 Å². The molecule has 2 heterocycles. The molecule has 1 N–H and O–H groups in total. The molecule has 20 heavy (non-hydrogen) atoms. The Kier molecular flexibility index (Phi) is 3.58. The second kappa shape index (κ2) is 5.38. The van der Waals surface area contributed by atoms with Crippen LogP contribution in [0.3, 0.4) is 0 Å². The molecule has 0 unspecified atom stereocenters. The van der Waals surface area contributed by atoms with Gasteiger partial charge in [0.15, 0.2) is 5.11 Å². The van der Waals surface area contributed by atoms with E-state index < -0.39 is 0 Å². The number of rotatable bonds is 3. The molecule has 0 radical (unpaired) electrons. The molecule has 5 nitrogen and oxygen atoms in total. The lowest BCUT2D eigenvalue weighted by Crippen LogP contribution is -2.41. The van der Waals surface area contributed by atoms with Crippen LogP contribution in [0.15, 0.2) is 24.3 Å². The number of thiocarbonyl (C=S) groups is 1. The van der Waals surface area contributed by atoms with E-state index in [1.54, 1.807) is 0 Å². The molecule has 0 saturated heterocycles. The van der Waals surface area contributed by atoms with Crippen molar-refractivity contribution in [1.82, 2.24) is 19.8 Å². The highest BCUT2D eigenvalue weighted by atomic mass is 32.1. The van der Waals surface area contributed by atoms with Gasteiger partial charge in [-0.3, -0.25) is 4.90 Å². The molecule has 0 fully saturated rings. The Morgan fingerprint density at radius 3 is 2.95 bits per heavy atom. The Labute approximate surface area is 124 Å². The van der Waals surface area contributed by atoms with Crippen molar-refractivity contribution in [3.8, 4) is 0 Å². The standard InChI is InChI=1S/C14H19N5S/c1-17(2)8-7-15-14(20)19-10-9-18-12-6-4-3-5-11(12)16-13(18)19/h3-6H,7-10H2,1-2H3,(H,15,20). The van der Waals surface area contributed by atoms with Crippen molar-refractivity contribution in [1.29, 1.82) is 0 Å². The molecule has 0 amide bonds. The van der Waals surface area contributed by atoms with E-state index in [9.17, 15) is 0 Å². The lowest BCUT2D eigenvalue weighted by Gasteiger charge is -2.19. The third-order valence-electron chi connectivity index (χ3n) is 3.50. The van der Waals surface area contributed by atoms with Crippen LogP contribution >= 0.6 is 12.2 Å². The number of anilines is 1. The van der Waals surface area contributed by atoms with E-state index in [0.29, 0.717) is 0 Å². The Hall–Kier alpha value is -1.66. The summed E-state index contributed by atoms with van der Waals surface area (Å²) in [6.07, 6.45) is 0. The van der Waals surface area contributed by atoms with Gasteiger partial charge in [-0.15, -0.1) is 0 Å². The number of para-hydroxylation sites is 2. The molecular formula is C14H19N5S. The molecule has 3 rings (SSSR count). The number of aromatic nitrogens is 2. The maximum absolute atomic E-state index is 5.49. The van der Waals surface area contributed by atoms with E-state index in [0.717, 1.165) is 42.8 Å². The molecule has 0 atom stereocenters. The fraction of sp³-hybridized carbons (Fsp3) is 0.429. The molecular weight excluding hydrogens is 270 g/mol. The fourth-order valence-electron chi connectivity index (χ4n) is 2.46. The highest BCUT2D eigenvalue weighted by molar-refractivity contribution is 7.80. The van der Waals surface area contributed by atoms with Crippen LogP contribution in [-0.4, -0.2) is 53.3 Å². The van der Waals surface area contributed by atoms with E-state index in [4.69, 9.17) is 12.2 Å². The van der Waals surface area contributed by atoms with Crippen molar-refractivity contribution in [2.24, 2.45) is 0 Å². The van der Waals surface area contributed by atoms with Gasteiger partial charge in [-0.1, -0.05) is 12.1 Å². The molecule has 6 heteroatoms. The number of imidazole rings is 1. The molecule has 2 aromatic rings. The van der Waals surface area contributed by atoms with Gasteiger partial charge in [0.25, 0.3) is 0 Å². The molecule has 1 aliphatic heterocycles. The molecule has 0 saturated carbocycles. The second-order valence-corrected chi connectivity index (χ2v) is 5.63. The van der Waals surface area contributed by atoms with Crippen molar-refractivity contribution in [3.05, 3.63) is 24.3 Å². The molecule has 0 spiro atoms. The predicted molar refractivity (Wildman–Crippen MR) is 86.2 cm³/mol. The summed E-state index contributed by atoms with van der Waals surface area (Å²) in [5, 5.41) is 4.07. The summed E-state index contributed by atoms with van der Waals surface area (Å²) in [6.45, 7) is 3.64. The highest BCUT2D eigenvalue weighted by Gasteiger charge is 2.25. The summed E-state index contributed by atoms with van der Waals surface area (Å²) in [5.74, 6) is 0.952. The zero-order valence-electron chi connectivity index (χ0n) is 11.8. The number of fused-ring (bicyclic) bond motifs is 3. The van der Waals surface area contributed by atoms with Crippen LogP contribution in [0.4, 0.5) is 5.95 Å². The topological polar surface area (TPSA) is 36.3 Å². The Bertz CT molecular complexity index is 634. The Morgan fingerprint density at radius 2 is 2.15 bits per heavy atom. The minimum atomic E-state index is 0.765. The minimum absolute atomic E-state index is 0.765. The summed E-state index contributed by atoms with van der Waals surface area (Å²) in [5.41, 5.74) is 2.21. The van der Waals surface area contributed by atoms with Crippen LogP contribution in [0, 0.1) is 0 Å². The van der Waals surface area contributed by atoms with Crippen molar-refractivity contribution in [2.75, 3.05) is 38.6 Å². The van der Waals surface area contributed by atoms with Crippen molar-refractivity contribution < 1.29 is 0 Å². The second-order valence-electron chi connectivity index (χ2n) is 5.24. The van der Waals surface area contributed by atoms with Gasteiger partial charge >= 0.3 is 0 Å². The first-order valence-corrected chi connectivity index (χ1v) is 7.23. The van der Waals surface area contributed by atoms with Gasteiger partial charge in [0, 0.05) is 26.2 Å². The van der Waals surface area contributed by atoms with Gasteiger partial charge in [0.1, 0.15) is 0 Å². The van der Waals surface area contributed by atoms with Crippen LogP contribution in [0.1, 0.15) is 0 Å². The first-order chi connectivity index (χ1) is 9.66.